The molecule has 0 spiro atoms. The first-order valence-corrected chi connectivity index (χ1v) is 8.60. The Labute approximate surface area is 163 Å². The monoisotopic (exact) mass is 400 g/mol. The largest absolute Gasteiger partial charge is 0.497 e. The van der Waals surface area contributed by atoms with Crippen LogP contribution >= 0.6 is 0 Å². The molecule has 0 bridgehead atoms. The van der Waals surface area contributed by atoms with Crippen LogP contribution in [-0.2, 0) is 6.18 Å². The molecule has 0 amide bonds. The predicted molar refractivity (Wildman–Crippen MR) is 99.3 cm³/mol. The van der Waals surface area contributed by atoms with Crippen LogP contribution in [0.4, 0.5) is 13.2 Å². The summed E-state index contributed by atoms with van der Waals surface area (Å²) in [6.07, 6.45) is -4.68. The van der Waals surface area contributed by atoms with Crippen molar-refractivity contribution >= 4 is 16.9 Å². The first-order valence-electron chi connectivity index (χ1n) is 8.60. The standard InChI is InChI=1S/C20H15F3N4O2/c1-12-11-17(25-27(12)18(28)13-7-9-14(29-2)10-8-13)26-16-6-4-3-5-15(16)24-19(26)20(21,22)23/h3-11H,1-2H3. The molecule has 0 unspecified atom stereocenters. The first kappa shape index (κ1) is 18.7. The average Bonchev–Trinajstić information content (AvgIpc) is 3.28. The van der Waals surface area contributed by atoms with Crippen LogP contribution in [0.25, 0.3) is 16.9 Å². The van der Waals surface area contributed by atoms with Gasteiger partial charge >= 0.3 is 6.18 Å². The molecule has 148 valence electrons. The molecule has 0 saturated heterocycles. The summed E-state index contributed by atoms with van der Waals surface area (Å²) in [5.41, 5.74) is 1.16. The quantitative estimate of drug-likeness (QED) is 0.516. The predicted octanol–water partition coefficient (Wildman–Crippen LogP) is 4.25. The molecular weight excluding hydrogens is 385 g/mol. The Bertz CT molecular complexity index is 1210. The van der Waals surface area contributed by atoms with Gasteiger partial charge in [-0.15, -0.1) is 5.10 Å². The number of para-hydroxylation sites is 2. The fraction of sp³-hybridized carbons (Fsp3) is 0.150. The Morgan fingerprint density at radius 2 is 1.76 bits per heavy atom. The lowest BCUT2D eigenvalue weighted by atomic mass is 10.2. The van der Waals surface area contributed by atoms with Crippen LogP contribution < -0.4 is 4.74 Å². The Balaban J connectivity index is 1.83. The van der Waals surface area contributed by atoms with Gasteiger partial charge in [0, 0.05) is 17.3 Å². The highest BCUT2D eigenvalue weighted by molar-refractivity contribution is 5.96. The van der Waals surface area contributed by atoms with Crippen molar-refractivity contribution in [2.75, 3.05) is 7.11 Å². The van der Waals surface area contributed by atoms with E-state index < -0.39 is 17.9 Å². The van der Waals surface area contributed by atoms with Crippen molar-refractivity contribution in [3.8, 4) is 11.6 Å². The number of hydrogen-bond donors (Lipinski definition) is 0. The second-order valence-electron chi connectivity index (χ2n) is 6.35. The molecule has 0 saturated carbocycles. The number of alkyl halides is 3. The molecule has 0 atom stereocenters. The fourth-order valence-electron chi connectivity index (χ4n) is 3.08. The third kappa shape index (κ3) is 3.24. The van der Waals surface area contributed by atoms with E-state index in [1.807, 2.05) is 0 Å². The number of rotatable bonds is 3. The van der Waals surface area contributed by atoms with Crippen molar-refractivity contribution in [1.29, 1.82) is 0 Å². The number of halogens is 3. The molecule has 0 aliphatic carbocycles. The zero-order valence-corrected chi connectivity index (χ0v) is 15.4. The van der Waals surface area contributed by atoms with Gasteiger partial charge in [-0.3, -0.25) is 9.36 Å². The minimum atomic E-state index is -4.68. The summed E-state index contributed by atoms with van der Waals surface area (Å²) in [5.74, 6) is -1.01. The highest BCUT2D eigenvalue weighted by atomic mass is 19.4. The summed E-state index contributed by atoms with van der Waals surface area (Å²) in [7, 11) is 1.51. The van der Waals surface area contributed by atoms with E-state index in [-0.39, 0.29) is 16.9 Å². The number of ether oxygens (including phenoxy) is 1. The maximum atomic E-state index is 13.6. The molecule has 0 radical (unpaired) electrons. The molecule has 6 nitrogen and oxygen atoms in total. The second kappa shape index (κ2) is 6.77. The summed E-state index contributed by atoms with van der Waals surface area (Å²) < 4.78 is 47.8. The molecule has 0 fully saturated rings. The minimum Gasteiger partial charge on any atom is -0.497 e. The van der Waals surface area contributed by atoms with Gasteiger partial charge in [0.25, 0.3) is 5.91 Å². The Morgan fingerprint density at radius 3 is 2.41 bits per heavy atom. The number of nitrogens with zero attached hydrogens (tertiary/aromatic N) is 4. The Hall–Kier alpha value is -3.62. The zero-order chi connectivity index (χ0) is 20.8. The van der Waals surface area contributed by atoms with Crippen LogP contribution in [0.15, 0.2) is 54.6 Å². The van der Waals surface area contributed by atoms with Gasteiger partial charge in [0.05, 0.1) is 18.1 Å². The second-order valence-corrected chi connectivity index (χ2v) is 6.35. The van der Waals surface area contributed by atoms with E-state index >= 15 is 0 Å². The average molecular weight is 400 g/mol. The summed E-state index contributed by atoms with van der Waals surface area (Å²) in [4.78, 5) is 16.5. The molecule has 0 N–H and O–H groups in total. The number of aromatic nitrogens is 4. The van der Waals surface area contributed by atoms with E-state index in [2.05, 4.69) is 10.1 Å². The molecule has 2 heterocycles. The molecule has 0 aliphatic heterocycles. The summed E-state index contributed by atoms with van der Waals surface area (Å²) in [5, 5.41) is 4.15. The molecular formula is C20H15F3N4O2. The van der Waals surface area contributed by atoms with Crippen LogP contribution in [0.1, 0.15) is 21.9 Å². The summed E-state index contributed by atoms with van der Waals surface area (Å²) in [6.45, 7) is 1.60. The number of carbonyl (C=O) groups excluding carboxylic acids is 1. The molecule has 2 aromatic heterocycles. The smallest absolute Gasteiger partial charge is 0.450 e. The Kier molecular flexibility index (Phi) is 4.37. The lowest BCUT2D eigenvalue weighted by molar-refractivity contribution is -0.145. The number of hydrogen-bond acceptors (Lipinski definition) is 4. The lowest BCUT2D eigenvalue weighted by Gasteiger charge is -2.08. The van der Waals surface area contributed by atoms with Crippen LogP contribution in [0.5, 0.6) is 5.75 Å². The topological polar surface area (TPSA) is 61.9 Å². The van der Waals surface area contributed by atoms with Gasteiger partial charge in [-0.05, 0) is 43.3 Å². The van der Waals surface area contributed by atoms with E-state index in [9.17, 15) is 18.0 Å². The fourth-order valence-corrected chi connectivity index (χ4v) is 3.08. The zero-order valence-electron chi connectivity index (χ0n) is 15.4. The van der Waals surface area contributed by atoms with E-state index in [0.29, 0.717) is 17.0 Å². The number of carbonyl (C=O) groups is 1. The van der Waals surface area contributed by atoms with Gasteiger partial charge < -0.3 is 4.74 Å². The van der Waals surface area contributed by atoms with E-state index in [1.54, 1.807) is 43.3 Å². The van der Waals surface area contributed by atoms with Crippen LogP contribution in [0.2, 0.25) is 0 Å². The minimum absolute atomic E-state index is 0.0367. The Morgan fingerprint density at radius 1 is 1.07 bits per heavy atom. The molecule has 0 aliphatic rings. The van der Waals surface area contributed by atoms with Crippen molar-refractivity contribution in [3.63, 3.8) is 0 Å². The van der Waals surface area contributed by atoms with Crippen LogP contribution in [-0.4, -0.2) is 32.3 Å². The van der Waals surface area contributed by atoms with Crippen molar-refractivity contribution in [1.82, 2.24) is 19.3 Å². The first-order chi connectivity index (χ1) is 13.8. The van der Waals surface area contributed by atoms with E-state index in [0.717, 1.165) is 9.25 Å². The number of fused-ring (bicyclic) bond motifs is 1. The third-order valence-corrected chi connectivity index (χ3v) is 4.45. The van der Waals surface area contributed by atoms with Gasteiger partial charge in [-0.2, -0.15) is 17.9 Å². The number of benzene rings is 2. The number of imidazole rings is 1. The van der Waals surface area contributed by atoms with Gasteiger partial charge in [0.1, 0.15) is 5.75 Å². The number of aryl methyl sites for hydroxylation is 1. The molecule has 4 aromatic rings. The normalized spacial score (nSPS) is 11.8. The van der Waals surface area contributed by atoms with Crippen molar-refractivity contribution in [3.05, 3.63) is 71.7 Å². The van der Waals surface area contributed by atoms with Crippen molar-refractivity contribution < 1.29 is 22.7 Å². The third-order valence-electron chi connectivity index (χ3n) is 4.45. The maximum Gasteiger partial charge on any atom is 0.450 e. The highest BCUT2D eigenvalue weighted by Gasteiger charge is 2.38. The molecule has 9 heteroatoms. The summed E-state index contributed by atoms with van der Waals surface area (Å²) >= 11 is 0. The highest BCUT2D eigenvalue weighted by Crippen LogP contribution is 2.33. The van der Waals surface area contributed by atoms with E-state index in [1.165, 1.54) is 25.3 Å². The van der Waals surface area contributed by atoms with Crippen molar-refractivity contribution in [2.45, 2.75) is 13.1 Å². The molecule has 29 heavy (non-hydrogen) atoms. The SMILES string of the molecule is COc1ccc(C(=O)n2nc(-n3c(C(F)(F)F)nc4ccccc43)cc2C)cc1. The number of methoxy groups -OCH3 is 1. The van der Waals surface area contributed by atoms with Gasteiger partial charge in [0.2, 0.25) is 5.82 Å². The van der Waals surface area contributed by atoms with Gasteiger partial charge in [-0.1, -0.05) is 12.1 Å². The lowest BCUT2D eigenvalue weighted by Crippen LogP contribution is -2.17. The van der Waals surface area contributed by atoms with Gasteiger partial charge in [-0.25, -0.2) is 4.98 Å². The molecule has 4 rings (SSSR count). The van der Waals surface area contributed by atoms with Gasteiger partial charge in [0.15, 0.2) is 5.82 Å². The summed E-state index contributed by atoms with van der Waals surface area (Å²) in [6, 6.07) is 14.0. The van der Waals surface area contributed by atoms with E-state index in [4.69, 9.17) is 4.74 Å². The molecule has 2 aromatic carbocycles. The maximum absolute atomic E-state index is 13.6. The van der Waals surface area contributed by atoms with Crippen LogP contribution in [0.3, 0.4) is 0 Å². The van der Waals surface area contributed by atoms with Crippen molar-refractivity contribution in [2.24, 2.45) is 0 Å². The van der Waals surface area contributed by atoms with Crippen LogP contribution in [0, 0.1) is 6.92 Å².